The zero-order chi connectivity index (χ0) is 13.1. The average molecular weight is 249 g/mol. The Morgan fingerprint density at radius 2 is 2.33 bits per heavy atom. The van der Waals surface area contributed by atoms with E-state index < -0.39 is 0 Å². The van der Waals surface area contributed by atoms with Crippen LogP contribution in [0.15, 0.2) is 12.1 Å². The van der Waals surface area contributed by atoms with E-state index in [1.165, 1.54) is 6.07 Å². The molecule has 18 heavy (non-hydrogen) atoms. The van der Waals surface area contributed by atoms with Gasteiger partial charge in [0.1, 0.15) is 0 Å². The van der Waals surface area contributed by atoms with Crippen LogP contribution in [-0.2, 0) is 4.79 Å². The number of hydrogen-bond donors (Lipinski definition) is 3. The van der Waals surface area contributed by atoms with Crippen LogP contribution >= 0.6 is 0 Å². The molecule has 1 aromatic rings. The van der Waals surface area contributed by atoms with E-state index in [4.69, 9.17) is 5.73 Å². The van der Waals surface area contributed by atoms with E-state index in [0.717, 1.165) is 25.0 Å². The Morgan fingerprint density at radius 3 is 3.06 bits per heavy atom. The first-order valence-corrected chi connectivity index (χ1v) is 6.29. The van der Waals surface area contributed by atoms with Crippen LogP contribution in [0.2, 0.25) is 0 Å². The van der Waals surface area contributed by atoms with Gasteiger partial charge in [-0.15, -0.1) is 0 Å². The molecule has 2 atom stereocenters. The highest BCUT2D eigenvalue weighted by atomic mass is 16.3. The van der Waals surface area contributed by atoms with Crippen LogP contribution in [0.1, 0.15) is 25.0 Å². The smallest absolute Gasteiger partial charge is 0.229 e. The van der Waals surface area contributed by atoms with E-state index in [-0.39, 0.29) is 29.3 Å². The van der Waals surface area contributed by atoms with Gasteiger partial charge in [-0.2, -0.15) is 0 Å². The van der Waals surface area contributed by atoms with E-state index in [1.807, 2.05) is 6.92 Å². The van der Waals surface area contributed by atoms with E-state index in [1.54, 1.807) is 6.07 Å². The molecule has 98 valence electrons. The van der Waals surface area contributed by atoms with Gasteiger partial charge in [0, 0.05) is 11.6 Å². The minimum atomic E-state index is -0.0867. The standard InChI is InChI=1S/C13H19N3O2/c1-8-5-6-11(17)12(15-8)16-13(18)10-4-2-3-9(10)7-14/h5-6,9-10,17H,2-4,7,14H2,1H3,(H,15,16,18). The topological polar surface area (TPSA) is 88.2 Å². The summed E-state index contributed by atoms with van der Waals surface area (Å²) in [5.74, 6) is 0.337. The maximum absolute atomic E-state index is 12.1. The monoisotopic (exact) mass is 249 g/mol. The summed E-state index contributed by atoms with van der Waals surface area (Å²) in [6, 6.07) is 3.23. The molecular formula is C13H19N3O2. The number of hydrogen-bond acceptors (Lipinski definition) is 4. The van der Waals surface area contributed by atoms with Gasteiger partial charge in [-0.05, 0) is 44.4 Å². The number of pyridine rings is 1. The quantitative estimate of drug-likeness (QED) is 0.755. The van der Waals surface area contributed by atoms with Gasteiger partial charge in [-0.25, -0.2) is 4.98 Å². The summed E-state index contributed by atoms with van der Waals surface area (Å²) in [6.45, 7) is 2.35. The van der Waals surface area contributed by atoms with Gasteiger partial charge < -0.3 is 16.2 Å². The number of anilines is 1. The molecule has 0 saturated heterocycles. The van der Waals surface area contributed by atoms with E-state index in [2.05, 4.69) is 10.3 Å². The molecule has 1 aromatic heterocycles. The van der Waals surface area contributed by atoms with Gasteiger partial charge in [0.05, 0.1) is 0 Å². The summed E-state index contributed by atoms with van der Waals surface area (Å²) in [6.07, 6.45) is 2.90. The molecular weight excluding hydrogens is 230 g/mol. The lowest BCUT2D eigenvalue weighted by atomic mass is 9.95. The first-order valence-electron chi connectivity index (χ1n) is 6.29. The molecule has 1 heterocycles. The second-order valence-electron chi connectivity index (χ2n) is 4.84. The molecule has 1 saturated carbocycles. The number of carbonyl (C=O) groups is 1. The summed E-state index contributed by atoms with van der Waals surface area (Å²) in [7, 11) is 0. The van der Waals surface area contributed by atoms with Crippen molar-refractivity contribution in [2.45, 2.75) is 26.2 Å². The maximum Gasteiger partial charge on any atom is 0.229 e. The molecule has 0 spiro atoms. The number of nitrogens with one attached hydrogen (secondary N) is 1. The van der Waals surface area contributed by atoms with E-state index >= 15 is 0 Å². The molecule has 2 rings (SSSR count). The number of aromatic nitrogens is 1. The van der Waals surface area contributed by atoms with Crippen LogP contribution in [0.4, 0.5) is 5.82 Å². The minimum Gasteiger partial charge on any atom is -0.504 e. The molecule has 1 aliphatic rings. The summed E-state index contributed by atoms with van der Waals surface area (Å²) < 4.78 is 0. The second kappa shape index (κ2) is 5.35. The number of amides is 1. The first kappa shape index (κ1) is 12.8. The van der Waals surface area contributed by atoms with Crippen molar-refractivity contribution in [3.05, 3.63) is 17.8 Å². The van der Waals surface area contributed by atoms with Crippen LogP contribution < -0.4 is 11.1 Å². The van der Waals surface area contributed by atoms with Crippen LogP contribution in [0.5, 0.6) is 5.75 Å². The highest BCUT2D eigenvalue weighted by Gasteiger charge is 2.32. The van der Waals surface area contributed by atoms with Crippen molar-refractivity contribution >= 4 is 11.7 Å². The average Bonchev–Trinajstić information content (AvgIpc) is 2.82. The van der Waals surface area contributed by atoms with Gasteiger partial charge in [0.2, 0.25) is 5.91 Å². The third kappa shape index (κ3) is 2.61. The fourth-order valence-corrected chi connectivity index (χ4v) is 2.51. The molecule has 0 aliphatic heterocycles. The van der Waals surface area contributed by atoms with Crippen LogP contribution in [0, 0.1) is 18.8 Å². The lowest BCUT2D eigenvalue weighted by Crippen LogP contribution is -2.30. The van der Waals surface area contributed by atoms with Gasteiger partial charge in [0.25, 0.3) is 0 Å². The number of rotatable bonds is 3. The fourth-order valence-electron chi connectivity index (χ4n) is 2.51. The van der Waals surface area contributed by atoms with Crippen LogP contribution in [-0.4, -0.2) is 22.5 Å². The second-order valence-corrected chi connectivity index (χ2v) is 4.84. The molecule has 5 heteroatoms. The van der Waals surface area contributed by atoms with Crippen LogP contribution in [0.25, 0.3) is 0 Å². The highest BCUT2D eigenvalue weighted by Crippen LogP contribution is 2.32. The number of nitrogens with two attached hydrogens (primary N) is 1. The number of carbonyl (C=O) groups excluding carboxylic acids is 1. The number of aryl methyl sites for hydroxylation is 1. The Hall–Kier alpha value is -1.62. The Morgan fingerprint density at radius 1 is 1.56 bits per heavy atom. The third-order valence-corrected chi connectivity index (χ3v) is 3.55. The van der Waals surface area contributed by atoms with Gasteiger partial charge >= 0.3 is 0 Å². The Kier molecular flexibility index (Phi) is 3.81. The molecule has 0 radical (unpaired) electrons. The highest BCUT2D eigenvalue weighted by molar-refractivity contribution is 5.93. The molecule has 2 unspecified atom stereocenters. The maximum atomic E-state index is 12.1. The predicted molar refractivity (Wildman–Crippen MR) is 69.2 cm³/mol. The summed E-state index contributed by atoms with van der Waals surface area (Å²) >= 11 is 0. The fraction of sp³-hybridized carbons (Fsp3) is 0.538. The molecule has 0 bridgehead atoms. The van der Waals surface area contributed by atoms with Crippen molar-refractivity contribution in [3.8, 4) is 5.75 Å². The summed E-state index contributed by atoms with van der Waals surface area (Å²) in [5, 5.41) is 12.3. The minimum absolute atomic E-state index is 0.00348. The number of nitrogens with zero attached hydrogens (tertiary/aromatic N) is 1. The van der Waals surface area contributed by atoms with Crippen molar-refractivity contribution in [2.24, 2.45) is 17.6 Å². The molecule has 0 aromatic carbocycles. The van der Waals surface area contributed by atoms with Gasteiger partial charge in [-0.3, -0.25) is 4.79 Å². The largest absolute Gasteiger partial charge is 0.504 e. The normalized spacial score (nSPS) is 23.0. The first-order chi connectivity index (χ1) is 8.61. The zero-order valence-corrected chi connectivity index (χ0v) is 10.5. The summed E-state index contributed by atoms with van der Waals surface area (Å²) in [5.41, 5.74) is 6.42. The predicted octanol–water partition coefficient (Wildman–Crippen LogP) is 1.41. The summed E-state index contributed by atoms with van der Waals surface area (Å²) in [4.78, 5) is 16.3. The lowest BCUT2D eigenvalue weighted by molar-refractivity contribution is -0.120. The van der Waals surface area contributed by atoms with E-state index in [9.17, 15) is 9.90 Å². The molecule has 4 N–H and O–H groups in total. The molecule has 5 nitrogen and oxygen atoms in total. The molecule has 1 amide bonds. The van der Waals surface area contributed by atoms with Crippen molar-refractivity contribution in [3.63, 3.8) is 0 Å². The van der Waals surface area contributed by atoms with Crippen molar-refractivity contribution in [2.75, 3.05) is 11.9 Å². The number of aromatic hydroxyl groups is 1. The Labute approximate surface area is 106 Å². The van der Waals surface area contributed by atoms with Crippen LogP contribution in [0.3, 0.4) is 0 Å². The SMILES string of the molecule is Cc1ccc(O)c(NC(=O)C2CCCC2CN)n1. The zero-order valence-electron chi connectivity index (χ0n) is 10.5. The Balaban J connectivity index is 2.09. The van der Waals surface area contributed by atoms with Crippen molar-refractivity contribution in [1.82, 2.24) is 4.98 Å². The Bertz CT molecular complexity index is 448. The van der Waals surface area contributed by atoms with Gasteiger partial charge in [0.15, 0.2) is 11.6 Å². The van der Waals surface area contributed by atoms with Crippen molar-refractivity contribution < 1.29 is 9.90 Å². The van der Waals surface area contributed by atoms with Crippen molar-refractivity contribution in [1.29, 1.82) is 0 Å². The third-order valence-electron chi connectivity index (χ3n) is 3.55. The van der Waals surface area contributed by atoms with E-state index in [0.29, 0.717) is 6.54 Å². The molecule has 1 aliphatic carbocycles. The lowest BCUT2D eigenvalue weighted by Gasteiger charge is -2.17. The van der Waals surface area contributed by atoms with Gasteiger partial charge in [-0.1, -0.05) is 6.42 Å². The molecule has 1 fully saturated rings.